The molecule has 2 N–H and O–H groups in total. The van der Waals surface area contributed by atoms with Crippen molar-refractivity contribution in [1.82, 2.24) is 0 Å². The molecule has 1 heterocycles. The Morgan fingerprint density at radius 1 is 1.60 bits per heavy atom. The molecule has 0 bridgehead atoms. The van der Waals surface area contributed by atoms with Crippen molar-refractivity contribution < 1.29 is 9.53 Å². The van der Waals surface area contributed by atoms with Gasteiger partial charge in [-0.3, -0.25) is 4.79 Å². The molecule has 15 heavy (non-hydrogen) atoms. The first-order valence-electron chi connectivity index (χ1n) is 5.25. The molecule has 1 aliphatic heterocycles. The van der Waals surface area contributed by atoms with Gasteiger partial charge in [0.05, 0.1) is 6.42 Å². The van der Waals surface area contributed by atoms with Crippen molar-refractivity contribution in [3.05, 3.63) is 29.3 Å². The van der Waals surface area contributed by atoms with Crippen LogP contribution in [0.25, 0.3) is 0 Å². The molecule has 1 aromatic rings. The number of hydrogen-bond donors (Lipinski definition) is 1. The van der Waals surface area contributed by atoms with E-state index in [2.05, 4.69) is 19.1 Å². The quantitative estimate of drug-likeness (QED) is 0.811. The summed E-state index contributed by atoms with van der Waals surface area (Å²) >= 11 is 0. The lowest BCUT2D eigenvalue weighted by Gasteiger charge is -2.06. The number of aryl methyl sites for hydroxylation is 1. The number of amides is 1. The first-order valence-corrected chi connectivity index (χ1v) is 5.25. The molecular formula is C12H15NO2. The fourth-order valence-electron chi connectivity index (χ4n) is 1.93. The van der Waals surface area contributed by atoms with Crippen LogP contribution in [0.5, 0.6) is 5.75 Å². The second-order valence-corrected chi connectivity index (χ2v) is 3.91. The molecule has 80 valence electrons. The van der Waals surface area contributed by atoms with Gasteiger partial charge in [-0.2, -0.15) is 0 Å². The van der Waals surface area contributed by atoms with Crippen molar-refractivity contribution in [2.45, 2.75) is 32.3 Å². The Morgan fingerprint density at radius 2 is 2.40 bits per heavy atom. The number of nitrogens with two attached hydrogens (primary N) is 1. The summed E-state index contributed by atoms with van der Waals surface area (Å²) in [6.07, 6.45) is 2.06. The number of hydrogen-bond acceptors (Lipinski definition) is 2. The zero-order chi connectivity index (χ0) is 10.8. The van der Waals surface area contributed by atoms with Crippen LogP contribution in [0, 0.1) is 0 Å². The highest BCUT2D eigenvalue weighted by atomic mass is 16.5. The zero-order valence-corrected chi connectivity index (χ0v) is 8.82. The molecule has 0 aromatic heterocycles. The van der Waals surface area contributed by atoms with Crippen molar-refractivity contribution in [3.63, 3.8) is 0 Å². The summed E-state index contributed by atoms with van der Waals surface area (Å²) in [5, 5.41) is 0. The average Bonchev–Trinajstić information content (AvgIpc) is 2.57. The van der Waals surface area contributed by atoms with Crippen LogP contribution in [0.1, 0.15) is 24.5 Å². The molecular weight excluding hydrogens is 190 g/mol. The van der Waals surface area contributed by atoms with Gasteiger partial charge >= 0.3 is 0 Å². The third-order valence-electron chi connectivity index (χ3n) is 2.70. The third kappa shape index (κ3) is 2.12. The Kier molecular flexibility index (Phi) is 2.62. The second-order valence-electron chi connectivity index (χ2n) is 3.91. The lowest BCUT2D eigenvalue weighted by Crippen LogP contribution is -2.23. The predicted octanol–water partition coefficient (Wildman–Crippen LogP) is 1.43. The molecule has 1 amide bonds. The molecule has 1 aliphatic rings. The average molecular weight is 205 g/mol. The Bertz CT molecular complexity index is 387. The van der Waals surface area contributed by atoms with Gasteiger partial charge in [-0.05, 0) is 23.6 Å². The highest BCUT2D eigenvalue weighted by Gasteiger charge is 2.24. The summed E-state index contributed by atoms with van der Waals surface area (Å²) in [5.41, 5.74) is 7.64. The fourth-order valence-corrected chi connectivity index (χ4v) is 1.93. The van der Waals surface area contributed by atoms with Crippen molar-refractivity contribution in [1.29, 1.82) is 0 Å². The van der Waals surface area contributed by atoms with Crippen LogP contribution < -0.4 is 10.5 Å². The van der Waals surface area contributed by atoms with Crippen LogP contribution >= 0.6 is 0 Å². The molecule has 2 rings (SSSR count). The lowest BCUT2D eigenvalue weighted by atomic mass is 10.0. The maximum Gasteiger partial charge on any atom is 0.221 e. The van der Waals surface area contributed by atoms with Crippen LogP contribution in [0.3, 0.4) is 0 Å². The largest absolute Gasteiger partial charge is 0.489 e. The smallest absolute Gasteiger partial charge is 0.221 e. The summed E-state index contributed by atoms with van der Waals surface area (Å²) in [6.45, 7) is 2.12. The molecule has 0 saturated heterocycles. The number of primary amides is 1. The van der Waals surface area contributed by atoms with E-state index in [1.165, 1.54) is 11.1 Å². The standard InChI is InChI=1S/C12H15NO2/c1-2-8-3-4-11-9(5-8)6-10(15-11)7-12(13)14/h3-5,10H,2,6-7H2,1H3,(H2,13,14). The molecule has 3 nitrogen and oxygen atoms in total. The number of carbonyl (C=O) groups is 1. The monoisotopic (exact) mass is 205 g/mol. The molecule has 0 saturated carbocycles. The fraction of sp³-hybridized carbons (Fsp3) is 0.417. The molecule has 0 spiro atoms. The van der Waals surface area contributed by atoms with E-state index in [0.29, 0.717) is 6.42 Å². The van der Waals surface area contributed by atoms with Gasteiger partial charge in [0.25, 0.3) is 0 Å². The van der Waals surface area contributed by atoms with Crippen molar-refractivity contribution in [2.24, 2.45) is 5.73 Å². The van der Waals surface area contributed by atoms with Gasteiger partial charge in [0.2, 0.25) is 5.91 Å². The van der Waals surface area contributed by atoms with E-state index >= 15 is 0 Å². The Balaban J connectivity index is 2.13. The minimum Gasteiger partial charge on any atom is -0.489 e. The van der Waals surface area contributed by atoms with E-state index < -0.39 is 0 Å². The number of benzene rings is 1. The van der Waals surface area contributed by atoms with Gasteiger partial charge in [-0.1, -0.05) is 19.1 Å². The molecule has 1 atom stereocenters. The minimum absolute atomic E-state index is 0.0652. The molecule has 1 unspecified atom stereocenters. The van der Waals surface area contributed by atoms with Crippen LogP contribution in [0.15, 0.2) is 18.2 Å². The van der Waals surface area contributed by atoms with Crippen molar-refractivity contribution >= 4 is 5.91 Å². The molecule has 0 fully saturated rings. The molecule has 0 radical (unpaired) electrons. The summed E-state index contributed by atoms with van der Waals surface area (Å²) in [7, 11) is 0. The normalized spacial score (nSPS) is 18.3. The van der Waals surface area contributed by atoms with E-state index in [4.69, 9.17) is 10.5 Å². The van der Waals surface area contributed by atoms with E-state index in [1.807, 2.05) is 6.07 Å². The van der Waals surface area contributed by atoms with E-state index in [1.54, 1.807) is 0 Å². The lowest BCUT2D eigenvalue weighted by molar-refractivity contribution is -0.119. The number of ether oxygens (including phenoxy) is 1. The van der Waals surface area contributed by atoms with E-state index in [-0.39, 0.29) is 12.0 Å². The van der Waals surface area contributed by atoms with Gasteiger partial charge < -0.3 is 10.5 Å². The Morgan fingerprint density at radius 3 is 3.07 bits per heavy atom. The summed E-state index contributed by atoms with van der Waals surface area (Å²) in [5.74, 6) is 0.599. The van der Waals surface area contributed by atoms with Gasteiger partial charge in [-0.25, -0.2) is 0 Å². The maximum atomic E-state index is 10.8. The van der Waals surface area contributed by atoms with Gasteiger partial charge in [0.1, 0.15) is 11.9 Å². The van der Waals surface area contributed by atoms with Crippen molar-refractivity contribution in [3.8, 4) is 5.75 Å². The second kappa shape index (κ2) is 3.93. The van der Waals surface area contributed by atoms with Gasteiger partial charge in [0.15, 0.2) is 0 Å². The molecule has 1 aromatic carbocycles. The van der Waals surface area contributed by atoms with Crippen LogP contribution in [0.4, 0.5) is 0 Å². The maximum absolute atomic E-state index is 10.8. The summed E-state index contributed by atoms with van der Waals surface area (Å²) in [6, 6.07) is 6.19. The molecule has 0 aliphatic carbocycles. The first-order chi connectivity index (χ1) is 7.19. The van der Waals surface area contributed by atoms with Crippen LogP contribution in [0.2, 0.25) is 0 Å². The van der Waals surface area contributed by atoms with Crippen molar-refractivity contribution in [2.75, 3.05) is 0 Å². The Hall–Kier alpha value is -1.51. The summed E-state index contributed by atoms with van der Waals surface area (Å²) < 4.78 is 5.62. The predicted molar refractivity (Wildman–Crippen MR) is 57.8 cm³/mol. The van der Waals surface area contributed by atoms with E-state index in [0.717, 1.165) is 18.6 Å². The SMILES string of the molecule is CCc1ccc2c(c1)CC(CC(N)=O)O2. The zero-order valence-electron chi connectivity index (χ0n) is 8.82. The van der Waals surface area contributed by atoms with Crippen LogP contribution in [-0.4, -0.2) is 12.0 Å². The molecule has 3 heteroatoms. The number of carbonyl (C=O) groups excluding carboxylic acids is 1. The Labute approximate surface area is 89.2 Å². The highest BCUT2D eigenvalue weighted by molar-refractivity contribution is 5.74. The topological polar surface area (TPSA) is 52.3 Å². The number of rotatable bonds is 3. The highest BCUT2D eigenvalue weighted by Crippen LogP contribution is 2.30. The minimum atomic E-state index is -0.302. The van der Waals surface area contributed by atoms with E-state index in [9.17, 15) is 4.79 Å². The van der Waals surface area contributed by atoms with Gasteiger partial charge in [-0.15, -0.1) is 0 Å². The third-order valence-corrected chi connectivity index (χ3v) is 2.70. The van der Waals surface area contributed by atoms with Crippen LogP contribution in [-0.2, 0) is 17.6 Å². The summed E-state index contributed by atoms with van der Waals surface area (Å²) in [4.78, 5) is 10.8. The van der Waals surface area contributed by atoms with Gasteiger partial charge in [0, 0.05) is 6.42 Å². The number of fused-ring (bicyclic) bond motifs is 1. The first kappa shape index (κ1) is 10.0.